The lowest BCUT2D eigenvalue weighted by molar-refractivity contribution is 0.0613. The van der Waals surface area contributed by atoms with Gasteiger partial charge in [-0.2, -0.15) is 31.6 Å². The highest BCUT2D eigenvalue weighted by Gasteiger charge is 2.46. The zero-order valence-corrected chi connectivity index (χ0v) is 27.4. The number of rotatable bonds is 6. The van der Waals surface area contributed by atoms with Crippen LogP contribution in [0.3, 0.4) is 0 Å². The molecule has 236 valence electrons. The van der Waals surface area contributed by atoms with Gasteiger partial charge in [0, 0.05) is 16.2 Å². The van der Waals surface area contributed by atoms with E-state index >= 15 is 0 Å². The predicted octanol–water partition coefficient (Wildman–Crippen LogP) is 8.53. The van der Waals surface area contributed by atoms with E-state index in [9.17, 15) is 31.6 Å². The van der Waals surface area contributed by atoms with Gasteiger partial charge in [0.15, 0.2) is 28.5 Å². The Bertz CT molecular complexity index is 2170. The first-order valence-electron chi connectivity index (χ1n) is 15.3. The minimum Gasteiger partial charge on any atom is -0.478 e. The lowest BCUT2D eigenvalue weighted by Gasteiger charge is -2.28. The Morgan fingerprint density at radius 3 is 1.90 bits per heavy atom. The van der Waals surface area contributed by atoms with Crippen molar-refractivity contribution in [3.8, 4) is 36.4 Å². The van der Waals surface area contributed by atoms with Crippen LogP contribution in [0.1, 0.15) is 44.2 Å². The highest BCUT2D eigenvalue weighted by atomic mass is 35.5. The maximum Gasteiger partial charge on any atom is 0.191 e. The molecule has 1 aliphatic carbocycles. The topological polar surface area (TPSA) is 161 Å². The number of benzene rings is 2. The van der Waals surface area contributed by atoms with Gasteiger partial charge in [0.25, 0.3) is 0 Å². The molecule has 2 atom stereocenters. The van der Waals surface area contributed by atoms with Gasteiger partial charge in [-0.15, -0.1) is 0 Å². The highest BCUT2D eigenvalue weighted by molar-refractivity contribution is 6.32. The van der Waals surface area contributed by atoms with Crippen LogP contribution in [0.5, 0.6) is 0 Å². The molecule has 0 N–H and O–H groups in total. The third-order valence-electron chi connectivity index (χ3n) is 8.86. The molecule has 0 amide bonds. The molecule has 2 unspecified atom stereocenters. The van der Waals surface area contributed by atoms with Crippen LogP contribution in [0.25, 0.3) is 0 Å². The van der Waals surface area contributed by atoms with Crippen LogP contribution in [0.2, 0.25) is 0 Å². The van der Waals surface area contributed by atoms with Crippen molar-refractivity contribution in [2.75, 3.05) is 0 Å². The molecule has 0 fully saturated rings. The zero-order valence-electron chi connectivity index (χ0n) is 26.7. The first kappa shape index (κ1) is 33.8. The average molecular weight is 659 g/mol. The van der Waals surface area contributed by atoms with Crippen LogP contribution in [-0.4, -0.2) is 0 Å². The summed E-state index contributed by atoms with van der Waals surface area (Å²) < 4.78 is 12.5. The summed E-state index contributed by atoms with van der Waals surface area (Å²) in [5, 5.41) is 59.3. The van der Waals surface area contributed by atoms with Crippen LogP contribution in [0.15, 0.2) is 141 Å². The summed E-state index contributed by atoms with van der Waals surface area (Å²) in [6, 6.07) is 30.3. The molecule has 5 rings (SSSR count). The molecule has 0 aromatic heterocycles. The van der Waals surface area contributed by atoms with Crippen molar-refractivity contribution < 1.29 is 9.47 Å². The Morgan fingerprint density at radius 1 is 0.755 bits per heavy atom. The largest absolute Gasteiger partial charge is 0.478 e. The molecule has 8 nitrogen and oxygen atoms in total. The van der Waals surface area contributed by atoms with E-state index < -0.39 is 17.1 Å². The van der Waals surface area contributed by atoms with Crippen molar-refractivity contribution in [1.29, 1.82) is 31.6 Å². The summed E-state index contributed by atoms with van der Waals surface area (Å²) in [6.07, 6.45) is 9.26. The van der Waals surface area contributed by atoms with E-state index in [-0.39, 0.29) is 28.2 Å². The number of halogens is 1. The van der Waals surface area contributed by atoms with E-state index in [0.29, 0.717) is 29.0 Å². The molecule has 0 radical (unpaired) electrons. The second-order valence-corrected chi connectivity index (χ2v) is 12.0. The van der Waals surface area contributed by atoms with E-state index in [1.165, 1.54) is 0 Å². The molecule has 0 saturated carbocycles. The van der Waals surface area contributed by atoms with E-state index in [1.807, 2.05) is 97.1 Å². The van der Waals surface area contributed by atoms with Crippen molar-refractivity contribution in [3.05, 3.63) is 152 Å². The third kappa shape index (κ3) is 6.03. The summed E-state index contributed by atoms with van der Waals surface area (Å²) in [7, 11) is 0. The molecular formula is C40H27ClN6O2. The minimum absolute atomic E-state index is 0.0172. The second kappa shape index (κ2) is 14.1. The van der Waals surface area contributed by atoms with Crippen LogP contribution in [0.4, 0.5) is 0 Å². The Kier molecular flexibility index (Phi) is 9.70. The lowest BCUT2D eigenvalue weighted by atomic mass is 9.84. The zero-order chi connectivity index (χ0) is 35.2. The van der Waals surface area contributed by atoms with Crippen molar-refractivity contribution in [3.63, 3.8) is 0 Å². The third-order valence-corrected chi connectivity index (χ3v) is 9.35. The molecule has 0 saturated heterocycles. The summed E-state index contributed by atoms with van der Waals surface area (Å²) in [4.78, 5) is 0. The number of nitriles is 6. The predicted molar refractivity (Wildman–Crippen MR) is 180 cm³/mol. The number of hydrogen-bond acceptors (Lipinski definition) is 8. The van der Waals surface area contributed by atoms with Gasteiger partial charge >= 0.3 is 0 Å². The van der Waals surface area contributed by atoms with Crippen LogP contribution < -0.4 is 0 Å². The molecule has 3 aliphatic rings. The Balaban J connectivity index is 1.62. The molecule has 2 aromatic carbocycles. The first-order chi connectivity index (χ1) is 23.7. The Hall–Kier alpha value is -6.55. The van der Waals surface area contributed by atoms with Crippen molar-refractivity contribution in [2.24, 2.45) is 5.92 Å². The average Bonchev–Trinajstić information content (AvgIpc) is 3.59. The quantitative estimate of drug-likeness (QED) is 0.279. The molecule has 2 heterocycles. The summed E-state index contributed by atoms with van der Waals surface area (Å²) in [6.45, 7) is 3.59. The van der Waals surface area contributed by atoms with Crippen LogP contribution in [0, 0.1) is 73.9 Å². The molecule has 49 heavy (non-hydrogen) atoms. The maximum atomic E-state index is 10.2. The number of ether oxygens (including phenoxy) is 2. The van der Waals surface area contributed by atoms with Gasteiger partial charge in [0.05, 0.1) is 17.7 Å². The fourth-order valence-electron chi connectivity index (χ4n) is 6.25. The molecule has 0 bridgehead atoms. The second-order valence-electron chi connectivity index (χ2n) is 11.7. The van der Waals surface area contributed by atoms with E-state index in [2.05, 4.69) is 12.1 Å². The minimum atomic E-state index is -1.26. The van der Waals surface area contributed by atoms with Gasteiger partial charge in [0.2, 0.25) is 0 Å². The summed E-state index contributed by atoms with van der Waals surface area (Å²) >= 11 is 7.01. The first-order valence-corrected chi connectivity index (χ1v) is 15.7. The normalized spacial score (nSPS) is 23.4. The monoisotopic (exact) mass is 658 g/mol. The number of nitrogens with zero attached hydrogens (tertiary/aromatic N) is 6. The molecule has 2 aliphatic heterocycles. The SMILES string of the molecule is CC1(c2ccccc2)OC(=C(C#N)C#N)C(C#N)=C1/C=C/C1=C(Cl)C(=C/C=C2/C(C#N)=C(C(C#N)C#N)OC2(C)c2ccccc2)/CCC1. The number of hydrogen-bond donors (Lipinski definition) is 0. The van der Waals surface area contributed by atoms with Crippen molar-refractivity contribution in [1.82, 2.24) is 0 Å². The Labute approximate surface area is 290 Å². The van der Waals surface area contributed by atoms with E-state index in [4.69, 9.17) is 21.1 Å². The smallest absolute Gasteiger partial charge is 0.191 e. The fourth-order valence-corrected chi connectivity index (χ4v) is 6.56. The van der Waals surface area contributed by atoms with Gasteiger partial charge in [-0.1, -0.05) is 96.6 Å². The van der Waals surface area contributed by atoms with E-state index in [0.717, 1.165) is 28.7 Å². The van der Waals surface area contributed by atoms with E-state index in [1.54, 1.807) is 26.0 Å². The number of allylic oxidation sites excluding steroid dienone is 9. The highest BCUT2D eigenvalue weighted by Crippen LogP contribution is 2.49. The molecule has 9 heteroatoms. The van der Waals surface area contributed by atoms with Crippen LogP contribution >= 0.6 is 11.6 Å². The van der Waals surface area contributed by atoms with Crippen molar-refractivity contribution in [2.45, 2.75) is 44.3 Å². The van der Waals surface area contributed by atoms with Gasteiger partial charge < -0.3 is 9.47 Å². The van der Waals surface area contributed by atoms with Crippen molar-refractivity contribution >= 4 is 11.6 Å². The molecule has 0 spiro atoms. The van der Waals surface area contributed by atoms with Gasteiger partial charge in [-0.05, 0) is 55.4 Å². The lowest BCUT2D eigenvalue weighted by Crippen LogP contribution is -2.24. The standard InChI is InChI=1S/C40H27ClN6O2/c1-39(30-12-5-3-6-13-30)34(32(24-46)37(48-39)28(20-42)21-43)18-16-26-10-9-11-27(36(26)41)17-19-35-33(25-47)38(29(22-44)23-45)49-40(35,2)31-14-7-4-8-15-31/h3-8,12-19,28H,9-11H2,1-2H3/b19-17+,26-16+,34-18-. The van der Waals surface area contributed by atoms with Crippen LogP contribution in [-0.2, 0) is 20.7 Å². The fraction of sp³-hybridized carbons (Fsp3) is 0.200. The Morgan fingerprint density at radius 2 is 1.35 bits per heavy atom. The summed E-state index contributed by atoms with van der Waals surface area (Å²) in [5.74, 6) is -1.30. The molecule has 2 aromatic rings. The van der Waals surface area contributed by atoms with Gasteiger partial charge in [-0.3, -0.25) is 0 Å². The summed E-state index contributed by atoms with van der Waals surface area (Å²) in [5.41, 5.74) is 1.70. The maximum absolute atomic E-state index is 10.2. The molecular weight excluding hydrogens is 632 g/mol. The van der Waals surface area contributed by atoms with Gasteiger partial charge in [0.1, 0.15) is 35.6 Å². The van der Waals surface area contributed by atoms with Gasteiger partial charge in [-0.25, -0.2) is 0 Å².